The lowest BCUT2D eigenvalue weighted by molar-refractivity contribution is -0.120. The van der Waals surface area contributed by atoms with E-state index in [2.05, 4.69) is 10.3 Å². The maximum absolute atomic E-state index is 14.0. The molecule has 0 saturated carbocycles. The molecule has 3 aliphatic rings. The maximum Gasteiger partial charge on any atom is 0.332 e. The number of pyridine rings is 1. The van der Waals surface area contributed by atoms with E-state index in [-0.39, 0.29) is 35.0 Å². The highest BCUT2D eigenvalue weighted by Gasteiger charge is 2.62. The van der Waals surface area contributed by atoms with Crippen molar-refractivity contribution < 1.29 is 18.4 Å². The van der Waals surface area contributed by atoms with Gasteiger partial charge in [0.25, 0.3) is 5.91 Å². The van der Waals surface area contributed by atoms with Crippen molar-refractivity contribution in [2.75, 3.05) is 11.4 Å². The largest absolute Gasteiger partial charge is 0.358 e. The fourth-order valence-corrected chi connectivity index (χ4v) is 5.81. The van der Waals surface area contributed by atoms with Gasteiger partial charge in [-0.15, -0.1) is 0 Å². The molecule has 2 bridgehead atoms. The van der Waals surface area contributed by atoms with Crippen LogP contribution in [0.2, 0.25) is 0 Å². The maximum atomic E-state index is 14.0. The summed E-state index contributed by atoms with van der Waals surface area (Å²) in [6.07, 6.45) is 1.95. The lowest BCUT2D eigenvalue weighted by Crippen LogP contribution is -2.56. The fraction of sp³-hybridized carbons (Fsp3) is 0.240. The van der Waals surface area contributed by atoms with Gasteiger partial charge in [-0.3, -0.25) is 4.79 Å². The molecule has 3 atom stereocenters. The van der Waals surface area contributed by atoms with Gasteiger partial charge in [-0.25, -0.2) is 23.5 Å². The highest BCUT2D eigenvalue weighted by atomic mass is 32.1. The van der Waals surface area contributed by atoms with E-state index in [9.17, 15) is 23.6 Å². The Balaban J connectivity index is 1.26. The minimum atomic E-state index is -0.740. The average molecular weight is 505 g/mol. The minimum Gasteiger partial charge on any atom is -0.358 e. The summed E-state index contributed by atoms with van der Waals surface area (Å²) in [6, 6.07) is 10.9. The Bertz CT molecular complexity index is 1490. The van der Waals surface area contributed by atoms with Gasteiger partial charge in [-0.1, -0.05) is 30.3 Å². The highest BCUT2D eigenvalue weighted by Crippen LogP contribution is 2.43. The number of nitriles is 1. The summed E-state index contributed by atoms with van der Waals surface area (Å²) in [6.45, 7) is 0.271. The van der Waals surface area contributed by atoms with Gasteiger partial charge in [0.1, 0.15) is 29.4 Å². The van der Waals surface area contributed by atoms with Crippen LogP contribution in [0.1, 0.15) is 17.7 Å². The molecule has 11 heteroatoms. The van der Waals surface area contributed by atoms with Gasteiger partial charge in [0.2, 0.25) is 0 Å². The van der Waals surface area contributed by atoms with Gasteiger partial charge in [-0.05, 0) is 30.8 Å². The van der Waals surface area contributed by atoms with Crippen LogP contribution in [0.25, 0.3) is 10.8 Å². The van der Waals surface area contributed by atoms with Gasteiger partial charge in [0, 0.05) is 29.4 Å². The molecule has 4 heterocycles. The smallest absolute Gasteiger partial charge is 0.332 e. The number of anilines is 1. The number of rotatable bonds is 3. The number of imide groups is 1. The number of nitrogens with one attached hydrogen (secondary N) is 1. The standard InChI is InChI=1S/C25H18F2N6O2S/c26-17-6-3-7-18(27)16(17)10-30-24(36)31-12-13-8-20(31)22-23(34)33(25(35)32(13)22)21-11-29-19(9-28)14-4-1-2-5-15(14)21/h1-7,11,13,20,22H,8,10,12H2,(H,30,36)/t13?,20?,22-/m0/s1. The molecule has 1 N–H and O–H groups in total. The van der Waals surface area contributed by atoms with Crippen LogP contribution in [-0.4, -0.2) is 56.5 Å². The molecule has 2 aromatic carbocycles. The van der Waals surface area contributed by atoms with E-state index >= 15 is 0 Å². The van der Waals surface area contributed by atoms with Gasteiger partial charge < -0.3 is 15.1 Å². The highest BCUT2D eigenvalue weighted by molar-refractivity contribution is 7.80. The fourth-order valence-electron chi connectivity index (χ4n) is 5.52. The number of carbonyl (C=O) groups excluding carboxylic acids is 2. The Morgan fingerprint density at radius 3 is 2.58 bits per heavy atom. The zero-order valence-corrected chi connectivity index (χ0v) is 19.5. The third kappa shape index (κ3) is 3.14. The zero-order chi connectivity index (χ0) is 25.1. The number of nitrogens with zero attached hydrogens (tertiary/aromatic N) is 5. The molecule has 180 valence electrons. The molecular weight excluding hydrogens is 486 g/mol. The van der Waals surface area contributed by atoms with E-state index in [1.165, 1.54) is 24.4 Å². The summed E-state index contributed by atoms with van der Waals surface area (Å²) < 4.78 is 28.0. The number of aromatic nitrogens is 1. The Hall–Kier alpha value is -4.17. The van der Waals surface area contributed by atoms with Crippen molar-refractivity contribution in [2.24, 2.45) is 0 Å². The minimum absolute atomic E-state index is 0.121. The van der Waals surface area contributed by atoms with Crippen LogP contribution in [0.15, 0.2) is 48.7 Å². The topological polar surface area (TPSA) is 92.6 Å². The van der Waals surface area contributed by atoms with Crippen molar-refractivity contribution in [3.8, 4) is 6.07 Å². The number of halogens is 2. The first-order valence-corrected chi connectivity index (χ1v) is 11.7. The number of benzene rings is 2. The number of carbonyl (C=O) groups is 2. The van der Waals surface area contributed by atoms with Crippen LogP contribution in [0.3, 0.4) is 0 Å². The van der Waals surface area contributed by atoms with Crippen molar-refractivity contribution >= 4 is 45.7 Å². The number of hydrogen-bond acceptors (Lipinski definition) is 5. The lowest BCUT2D eigenvalue weighted by Gasteiger charge is -2.36. The number of likely N-dealkylation sites (tertiary alicyclic amines) is 1. The molecule has 3 saturated heterocycles. The van der Waals surface area contributed by atoms with Crippen molar-refractivity contribution in [3.05, 3.63) is 71.6 Å². The summed E-state index contributed by atoms with van der Waals surface area (Å²) >= 11 is 5.51. The van der Waals surface area contributed by atoms with Crippen molar-refractivity contribution in [1.29, 1.82) is 5.26 Å². The Morgan fingerprint density at radius 1 is 1.14 bits per heavy atom. The molecule has 8 nitrogen and oxygen atoms in total. The monoisotopic (exact) mass is 504 g/mol. The van der Waals surface area contributed by atoms with E-state index in [1.807, 2.05) is 11.0 Å². The number of urea groups is 1. The zero-order valence-electron chi connectivity index (χ0n) is 18.7. The SMILES string of the molecule is N#Cc1ncc(N2C(=O)[C@@H]3C4CC(CN4C(=S)NCc4c(F)cccc4F)N3C2=O)c2ccccc12. The van der Waals surface area contributed by atoms with E-state index in [0.717, 1.165) is 4.90 Å². The van der Waals surface area contributed by atoms with Gasteiger partial charge in [0.05, 0.1) is 24.0 Å². The molecule has 2 unspecified atom stereocenters. The summed E-state index contributed by atoms with van der Waals surface area (Å²) in [5.41, 5.74) is 0.419. The summed E-state index contributed by atoms with van der Waals surface area (Å²) in [5.74, 6) is -1.73. The van der Waals surface area contributed by atoms with Crippen LogP contribution in [0.4, 0.5) is 19.3 Å². The third-order valence-electron chi connectivity index (χ3n) is 7.12. The molecule has 0 radical (unpaired) electrons. The van der Waals surface area contributed by atoms with Crippen LogP contribution in [0.5, 0.6) is 0 Å². The predicted octanol–water partition coefficient (Wildman–Crippen LogP) is 3.05. The van der Waals surface area contributed by atoms with E-state index in [4.69, 9.17) is 12.2 Å². The van der Waals surface area contributed by atoms with Gasteiger partial charge in [-0.2, -0.15) is 5.26 Å². The van der Waals surface area contributed by atoms with Crippen LogP contribution in [-0.2, 0) is 11.3 Å². The molecule has 0 spiro atoms. The summed E-state index contributed by atoms with van der Waals surface area (Å²) in [4.78, 5) is 35.8. The molecule has 6 rings (SSSR count). The quantitative estimate of drug-likeness (QED) is 0.433. The van der Waals surface area contributed by atoms with Crippen LogP contribution in [0, 0.1) is 23.0 Å². The van der Waals surface area contributed by atoms with Crippen molar-refractivity contribution in [1.82, 2.24) is 20.1 Å². The molecule has 3 aromatic rings. The number of thiocarbonyl (C=S) groups is 1. The Morgan fingerprint density at radius 2 is 1.86 bits per heavy atom. The van der Waals surface area contributed by atoms with E-state index < -0.39 is 29.6 Å². The normalized spacial score (nSPS) is 22.4. The van der Waals surface area contributed by atoms with Gasteiger partial charge in [0.15, 0.2) is 5.11 Å². The number of amides is 3. The second-order valence-corrected chi connectivity index (χ2v) is 9.31. The van der Waals surface area contributed by atoms with E-state index in [1.54, 1.807) is 29.2 Å². The number of hydrogen-bond donors (Lipinski definition) is 1. The summed E-state index contributed by atoms with van der Waals surface area (Å²) in [5, 5.41) is 13.7. The Labute approximate surface area is 209 Å². The van der Waals surface area contributed by atoms with E-state index in [0.29, 0.717) is 29.4 Å². The molecule has 3 aliphatic heterocycles. The first-order valence-electron chi connectivity index (χ1n) is 11.3. The summed E-state index contributed by atoms with van der Waals surface area (Å²) in [7, 11) is 0. The van der Waals surface area contributed by atoms with Crippen molar-refractivity contribution in [3.63, 3.8) is 0 Å². The van der Waals surface area contributed by atoms with Crippen LogP contribution < -0.4 is 10.2 Å². The number of piperazine rings is 1. The first-order chi connectivity index (χ1) is 17.4. The predicted molar refractivity (Wildman–Crippen MR) is 130 cm³/mol. The lowest BCUT2D eigenvalue weighted by atomic mass is 10.1. The average Bonchev–Trinajstić information content (AvgIpc) is 3.54. The third-order valence-corrected chi connectivity index (χ3v) is 7.50. The molecule has 3 fully saturated rings. The van der Waals surface area contributed by atoms with Crippen LogP contribution >= 0.6 is 12.2 Å². The molecular formula is C25H18F2N6O2S. The second-order valence-electron chi connectivity index (χ2n) is 8.93. The second kappa shape index (κ2) is 8.20. The molecule has 36 heavy (non-hydrogen) atoms. The molecule has 0 aliphatic carbocycles. The number of fused-ring (bicyclic) bond motifs is 6. The first kappa shape index (κ1) is 22.3. The Kier molecular flexibility index (Phi) is 5.08. The molecule has 1 aromatic heterocycles. The molecule has 3 amide bonds. The van der Waals surface area contributed by atoms with Crippen molar-refractivity contribution in [2.45, 2.75) is 31.1 Å². The van der Waals surface area contributed by atoms with Gasteiger partial charge >= 0.3 is 6.03 Å².